The Morgan fingerprint density at radius 2 is 2.14 bits per heavy atom. The summed E-state index contributed by atoms with van der Waals surface area (Å²) < 4.78 is 6.02. The monoisotopic (exact) mass is 214 g/mol. The van der Waals surface area contributed by atoms with Gasteiger partial charge in [0.1, 0.15) is 0 Å². The molecule has 0 aromatic rings. The number of rotatable bonds is 4. The minimum absolute atomic E-state index is 0.476. The van der Waals surface area contributed by atoms with Crippen molar-refractivity contribution in [1.29, 1.82) is 0 Å². The van der Waals surface area contributed by atoms with Gasteiger partial charge in [0.2, 0.25) is 0 Å². The molecule has 82 valence electrons. The van der Waals surface area contributed by atoms with Crippen LogP contribution < -0.4 is 0 Å². The van der Waals surface area contributed by atoms with Crippen LogP contribution in [0, 0.1) is 11.3 Å². The molecule has 0 aliphatic heterocycles. The SMILES string of the molecule is CC1CCCC(OCC2(CS)CC2)C1. The minimum atomic E-state index is 0.476. The van der Waals surface area contributed by atoms with Gasteiger partial charge >= 0.3 is 0 Å². The summed E-state index contributed by atoms with van der Waals surface area (Å²) in [5, 5.41) is 0. The second-order valence-corrected chi connectivity index (χ2v) is 5.68. The van der Waals surface area contributed by atoms with E-state index in [1.165, 1.54) is 38.5 Å². The Balaban J connectivity index is 1.69. The van der Waals surface area contributed by atoms with E-state index in [-0.39, 0.29) is 0 Å². The van der Waals surface area contributed by atoms with Crippen molar-refractivity contribution in [1.82, 2.24) is 0 Å². The summed E-state index contributed by atoms with van der Waals surface area (Å²) >= 11 is 4.40. The van der Waals surface area contributed by atoms with Crippen LogP contribution in [0.3, 0.4) is 0 Å². The topological polar surface area (TPSA) is 9.23 Å². The Morgan fingerprint density at radius 1 is 1.36 bits per heavy atom. The average Bonchev–Trinajstić information content (AvgIpc) is 2.96. The van der Waals surface area contributed by atoms with Crippen LogP contribution in [0.2, 0.25) is 0 Å². The van der Waals surface area contributed by atoms with Crippen molar-refractivity contribution >= 4 is 12.6 Å². The van der Waals surface area contributed by atoms with Gasteiger partial charge in [-0.3, -0.25) is 0 Å². The Labute approximate surface area is 93.0 Å². The summed E-state index contributed by atoms with van der Waals surface area (Å²) in [6.07, 6.45) is 8.54. The fourth-order valence-electron chi connectivity index (χ4n) is 2.35. The molecule has 14 heavy (non-hydrogen) atoms. The van der Waals surface area contributed by atoms with E-state index in [9.17, 15) is 0 Å². The molecule has 0 heterocycles. The van der Waals surface area contributed by atoms with Crippen molar-refractivity contribution in [2.24, 2.45) is 11.3 Å². The van der Waals surface area contributed by atoms with Gasteiger partial charge < -0.3 is 4.74 Å². The molecule has 2 atom stereocenters. The molecule has 2 fully saturated rings. The van der Waals surface area contributed by atoms with Gasteiger partial charge in [0.25, 0.3) is 0 Å². The van der Waals surface area contributed by atoms with E-state index in [1.807, 2.05) is 0 Å². The molecule has 0 bridgehead atoms. The van der Waals surface area contributed by atoms with Crippen LogP contribution in [0.5, 0.6) is 0 Å². The van der Waals surface area contributed by atoms with Gasteiger partial charge in [0.05, 0.1) is 12.7 Å². The third-order valence-corrected chi connectivity index (χ3v) is 4.48. The normalized spacial score (nSPS) is 35.6. The molecule has 0 spiro atoms. The van der Waals surface area contributed by atoms with Gasteiger partial charge in [-0.2, -0.15) is 12.6 Å². The molecule has 2 aliphatic rings. The van der Waals surface area contributed by atoms with E-state index in [4.69, 9.17) is 4.74 Å². The molecule has 0 radical (unpaired) electrons. The first-order chi connectivity index (χ1) is 6.74. The molecule has 0 saturated heterocycles. The fraction of sp³-hybridized carbons (Fsp3) is 1.00. The largest absolute Gasteiger partial charge is 0.378 e. The summed E-state index contributed by atoms with van der Waals surface area (Å²) in [5.41, 5.74) is 0.476. The highest BCUT2D eigenvalue weighted by molar-refractivity contribution is 7.80. The molecule has 0 aromatic heterocycles. The summed E-state index contributed by atoms with van der Waals surface area (Å²) in [5.74, 6) is 1.88. The van der Waals surface area contributed by atoms with E-state index in [0.717, 1.165) is 18.3 Å². The lowest BCUT2D eigenvalue weighted by atomic mass is 9.88. The van der Waals surface area contributed by atoms with E-state index in [1.54, 1.807) is 0 Å². The molecule has 2 saturated carbocycles. The first-order valence-corrected chi connectivity index (χ1v) is 6.60. The lowest BCUT2D eigenvalue weighted by Crippen LogP contribution is -2.25. The lowest BCUT2D eigenvalue weighted by molar-refractivity contribution is -0.00449. The molecule has 2 unspecified atom stereocenters. The van der Waals surface area contributed by atoms with Crippen LogP contribution in [0.15, 0.2) is 0 Å². The van der Waals surface area contributed by atoms with E-state index >= 15 is 0 Å². The molecule has 0 N–H and O–H groups in total. The minimum Gasteiger partial charge on any atom is -0.378 e. The van der Waals surface area contributed by atoms with Gasteiger partial charge in [-0.25, -0.2) is 0 Å². The predicted octanol–water partition coefficient (Wildman–Crippen LogP) is 3.29. The highest BCUT2D eigenvalue weighted by atomic mass is 32.1. The maximum absolute atomic E-state index is 6.02. The molecule has 2 rings (SSSR count). The van der Waals surface area contributed by atoms with Crippen molar-refractivity contribution in [3.63, 3.8) is 0 Å². The summed E-state index contributed by atoms with van der Waals surface area (Å²) in [6, 6.07) is 0. The van der Waals surface area contributed by atoms with Crippen molar-refractivity contribution in [2.75, 3.05) is 12.4 Å². The third kappa shape index (κ3) is 2.66. The van der Waals surface area contributed by atoms with Gasteiger partial charge in [-0.15, -0.1) is 0 Å². The van der Waals surface area contributed by atoms with Crippen LogP contribution in [0.1, 0.15) is 45.4 Å². The van der Waals surface area contributed by atoms with Crippen molar-refractivity contribution in [3.05, 3.63) is 0 Å². The lowest BCUT2D eigenvalue weighted by Gasteiger charge is -2.28. The van der Waals surface area contributed by atoms with E-state index in [2.05, 4.69) is 19.6 Å². The van der Waals surface area contributed by atoms with E-state index in [0.29, 0.717) is 11.5 Å². The van der Waals surface area contributed by atoms with Crippen LogP contribution in [-0.4, -0.2) is 18.5 Å². The van der Waals surface area contributed by atoms with E-state index < -0.39 is 0 Å². The van der Waals surface area contributed by atoms with Crippen LogP contribution in [-0.2, 0) is 4.74 Å². The van der Waals surface area contributed by atoms with Gasteiger partial charge in [-0.1, -0.05) is 19.8 Å². The van der Waals surface area contributed by atoms with Gasteiger partial charge in [-0.05, 0) is 37.4 Å². The summed E-state index contributed by atoms with van der Waals surface area (Å²) in [4.78, 5) is 0. The second-order valence-electron chi connectivity index (χ2n) is 5.36. The molecule has 2 heteroatoms. The van der Waals surface area contributed by atoms with Crippen LogP contribution in [0.25, 0.3) is 0 Å². The molecular formula is C12H22OS. The zero-order chi connectivity index (χ0) is 10.0. The molecule has 0 amide bonds. The highest BCUT2D eigenvalue weighted by Crippen LogP contribution is 2.47. The maximum atomic E-state index is 6.02. The Hall–Kier alpha value is 0.310. The average molecular weight is 214 g/mol. The number of hydrogen-bond donors (Lipinski definition) is 1. The van der Waals surface area contributed by atoms with Gasteiger partial charge in [0, 0.05) is 5.41 Å². The molecule has 2 aliphatic carbocycles. The number of hydrogen-bond acceptors (Lipinski definition) is 2. The molecule has 1 nitrogen and oxygen atoms in total. The zero-order valence-corrected chi connectivity index (χ0v) is 10.1. The van der Waals surface area contributed by atoms with Crippen molar-refractivity contribution < 1.29 is 4.74 Å². The standard InChI is InChI=1S/C12H22OS/c1-10-3-2-4-11(7-10)13-8-12(9-14)5-6-12/h10-11,14H,2-9H2,1H3. The van der Waals surface area contributed by atoms with Crippen LogP contribution in [0.4, 0.5) is 0 Å². The first kappa shape index (κ1) is 10.8. The fourth-order valence-corrected chi connectivity index (χ4v) is 2.76. The summed E-state index contributed by atoms with van der Waals surface area (Å²) in [7, 11) is 0. The third-order valence-electron chi connectivity index (χ3n) is 3.81. The number of thiol groups is 1. The molecule has 0 aromatic carbocycles. The smallest absolute Gasteiger partial charge is 0.0578 e. The van der Waals surface area contributed by atoms with Crippen molar-refractivity contribution in [2.45, 2.75) is 51.6 Å². The Bertz CT molecular complexity index is 189. The quantitative estimate of drug-likeness (QED) is 0.707. The molecular weight excluding hydrogens is 192 g/mol. The van der Waals surface area contributed by atoms with Crippen LogP contribution >= 0.6 is 12.6 Å². The zero-order valence-electron chi connectivity index (χ0n) is 9.17. The Kier molecular flexibility index (Phi) is 3.43. The maximum Gasteiger partial charge on any atom is 0.0578 e. The first-order valence-electron chi connectivity index (χ1n) is 5.97. The number of ether oxygens (including phenoxy) is 1. The van der Waals surface area contributed by atoms with Crippen molar-refractivity contribution in [3.8, 4) is 0 Å². The summed E-state index contributed by atoms with van der Waals surface area (Å²) in [6.45, 7) is 3.31. The predicted molar refractivity (Wildman–Crippen MR) is 62.9 cm³/mol. The second kappa shape index (κ2) is 4.44. The Morgan fingerprint density at radius 3 is 2.71 bits per heavy atom. The highest BCUT2D eigenvalue weighted by Gasteiger charge is 2.42. The van der Waals surface area contributed by atoms with Gasteiger partial charge in [0.15, 0.2) is 0 Å².